The van der Waals surface area contributed by atoms with Crippen LogP contribution in [0.3, 0.4) is 0 Å². The zero-order chi connectivity index (χ0) is 25.3. The summed E-state index contributed by atoms with van der Waals surface area (Å²) in [7, 11) is 0. The Morgan fingerprint density at radius 2 is 1.77 bits per heavy atom. The Morgan fingerprint density at radius 1 is 1.09 bits per heavy atom. The van der Waals surface area contributed by atoms with Crippen molar-refractivity contribution >= 4 is 0 Å². The summed E-state index contributed by atoms with van der Waals surface area (Å²) < 4.78 is 51.8. The van der Waals surface area contributed by atoms with E-state index in [-0.39, 0.29) is 5.92 Å². The number of fused-ring (bicyclic) bond motifs is 4. The number of alkyl halides is 3. The van der Waals surface area contributed by atoms with Crippen molar-refractivity contribution in [2.75, 3.05) is 13.2 Å². The molecule has 1 saturated heterocycles. The molecule has 0 unspecified atom stereocenters. The molecule has 0 aromatic carbocycles. The fraction of sp³-hybridized carbons (Fsp3) is 0.615. The molecule has 1 aliphatic carbocycles. The van der Waals surface area contributed by atoms with E-state index in [1.807, 2.05) is 27.7 Å². The number of aliphatic hydroxyl groups is 2. The first-order valence-corrected chi connectivity index (χ1v) is 12.1. The molecule has 0 amide bonds. The fourth-order valence-corrected chi connectivity index (χ4v) is 5.85. The number of hydrogen-bond donors (Lipinski definition) is 2. The highest BCUT2D eigenvalue weighted by atomic mass is 19.4. The SMILES string of the molecule is CC(C)c1nc2c(c3c1[C@@H](c1ccc(C(F)(F)F)nc1)OC31CCOCC1)[C@@H](O)CC(C)(C)[C@@H]2O. The van der Waals surface area contributed by atoms with E-state index in [9.17, 15) is 23.4 Å². The number of halogens is 3. The molecule has 2 aromatic rings. The van der Waals surface area contributed by atoms with Crippen LogP contribution in [0.5, 0.6) is 0 Å². The van der Waals surface area contributed by atoms with E-state index < -0.39 is 41.2 Å². The lowest BCUT2D eigenvalue weighted by Gasteiger charge is -2.42. The van der Waals surface area contributed by atoms with E-state index in [0.717, 1.165) is 22.9 Å². The van der Waals surface area contributed by atoms with Crippen LogP contribution in [0.15, 0.2) is 18.3 Å². The van der Waals surface area contributed by atoms with Gasteiger partial charge in [-0.1, -0.05) is 33.8 Å². The van der Waals surface area contributed by atoms with Crippen molar-refractivity contribution in [1.29, 1.82) is 0 Å². The molecule has 0 radical (unpaired) electrons. The van der Waals surface area contributed by atoms with E-state index in [2.05, 4.69) is 4.98 Å². The lowest BCUT2D eigenvalue weighted by Crippen LogP contribution is -2.38. The standard InChI is InChI=1S/C26H31F3N2O4/c1-13(2)20-18-19(17-15(32)11-24(3,4)23(33)21(17)31-20)25(7-9-34-10-8-25)35-22(18)14-5-6-16(30-12-14)26(27,28)29/h5-6,12-13,15,22-23,32-33H,7-11H2,1-4H3/t15-,22+,23+/m0/s1. The highest BCUT2D eigenvalue weighted by Crippen LogP contribution is 2.59. The highest BCUT2D eigenvalue weighted by molar-refractivity contribution is 5.54. The summed E-state index contributed by atoms with van der Waals surface area (Å²) in [5.41, 5.74) is 1.55. The monoisotopic (exact) mass is 492 g/mol. The van der Waals surface area contributed by atoms with Crippen LogP contribution in [0, 0.1) is 5.41 Å². The average molecular weight is 493 g/mol. The summed E-state index contributed by atoms with van der Waals surface area (Å²) in [6.45, 7) is 8.70. The van der Waals surface area contributed by atoms with Gasteiger partial charge < -0.3 is 19.7 Å². The molecule has 1 fully saturated rings. The van der Waals surface area contributed by atoms with Gasteiger partial charge in [0.05, 0.1) is 17.4 Å². The van der Waals surface area contributed by atoms with Gasteiger partial charge in [-0.3, -0.25) is 9.97 Å². The molecular formula is C26H31F3N2O4. The summed E-state index contributed by atoms with van der Waals surface area (Å²) in [5.74, 6) is -0.0491. The van der Waals surface area contributed by atoms with E-state index in [1.54, 1.807) is 0 Å². The van der Waals surface area contributed by atoms with Crippen LogP contribution in [0.2, 0.25) is 0 Å². The molecular weight excluding hydrogens is 461 g/mol. The van der Waals surface area contributed by atoms with Crippen molar-refractivity contribution in [3.05, 3.63) is 57.7 Å². The number of nitrogens with zero attached hydrogens (tertiary/aromatic N) is 2. The molecule has 3 aliphatic rings. The van der Waals surface area contributed by atoms with Crippen molar-refractivity contribution < 1.29 is 32.9 Å². The van der Waals surface area contributed by atoms with Gasteiger partial charge in [0.2, 0.25) is 0 Å². The molecule has 0 saturated carbocycles. The van der Waals surface area contributed by atoms with Crippen LogP contribution in [0.1, 0.15) is 111 Å². The molecule has 3 atom stereocenters. The molecule has 2 aliphatic heterocycles. The maximum absolute atomic E-state index is 13.2. The normalized spacial score (nSPS) is 27.2. The number of hydrogen-bond acceptors (Lipinski definition) is 6. The van der Waals surface area contributed by atoms with Gasteiger partial charge in [-0.2, -0.15) is 13.2 Å². The number of rotatable bonds is 2. The second-order valence-electron chi connectivity index (χ2n) is 10.9. The van der Waals surface area contributed by atoms with E-state index in [0.29, 0.717) is 49.3 Å². The number of pyridine rings is 2. The predicted octanol–water partition coefficient (Wildman–Crippen LogP) is 5.24. The molecule has 5 rings (SSSR count). The zero-order valence-electron chi connectivity index (χ0n) is 20.3. The summed E-state index contributed by atoms with van der Waals surface area (Å²) in [6.07, 6.45) is -4.30. The first-order valence-electron chi connectivity index (χ1n) is 12.1. The summed E-state index contributed by atoms with van der Waals surface area (Å²) >= 11 is 0. The second-order valence-corrected chi connectivity index (χ2v) is 10.9. The van der Waals surface area contributed by atoms with Gasteiger partial charge in [0.25, 0.3) is 0 Å². The molecule has 0 bridgehead atoms. The van der Waals surface area contributed by atoms with Crippen LogP contribution in [-0.2, 0) is 21.3 Å². The third-order valence-corrected chi connectivity index (χ3v) is 7.67. The molecule has 2 aromatic heterocycles. The third-order valence-electron chi connectivity index (χ3n) is 7.67. The third kappa shape index (κ3) is 3.87. The van der Waals surface area contributed by atoms with Crippen molar-refractivity contribution in [1.82, 2.24) is 9.97 Å². The molecule has 1 spiro atoms. The van der Waals surface area contributed by atoms with Crippen molar-refractivity contribution in [2.24, 2.45) is 5.41 Å². The van der Waals surface area contributed by atoms with Crippen molar-refractivity contribution in [3.63, 3.8) is 0 Å². The Hall–Kier alpha value is -2.07. The maximum Gasteiger partial charge on any atom is 0.433 e. The lowest BCUT2D eigenvalue weighted by molar-refractivity contribution is -0.141. The van der Waals surface area contributed by atoms with Gasteiger partial charge in [0.1, 0.15) is 17.9 Å². The number of aliphatic hydroxyl groups excluding tert-OH is 2. The first-order chi connectivity index (χ1) is 16.4. The van der Waals surface area contributed by atoms with Gasteiger partial charge in [0, 0.05) is 54.6 Å². The van der Waals surface area contributed by atoms with Gasteiger partial charge in [0.15, 0.2) is 0 Å². The zero-order valence-corrected chi connectivity index (χ0v) is 20.3. The summed E-state index contributed by atoms with van der Waals surface area (Å²) in [6, 6.07) is 2.37. The van der Waals surface area contributed by atoms with E-state index in [4.69, 9.17) is 14.5 Å². The average Bonchev–Trinajstić information content (AvgIpc) is 3.10. The maximum atomic E-state index is 13.2. The Balaban J connectivity index is 1.76. The molecule has 6 nitrogen and oxygen atoms in total. The smallest absolute Gasteiger partial charge is 0.388 e. The minimum Gasteiger partial charge on any atom is -0.388 e. The Morgan fingerprint density at radius 3 is 2.34 bits per heavy atom. The predicted molar refractivity (Wildman–Crippen MR) is 121 cm³/mol. The fourth-order valence-electron chi connectivity index (χ4n) is 5.85. The number of aromatic nitrogens is 2. The quantitative estimate of drug-likeness (QED) is 0.597. The van der Waals surface area contributed by atoms with Crippen LogP contribution >= 0.6 is 0 Å². The van der Waals surface area contributed by atoms with Gasteiger partial charge in [-0.15, -0.1) is 0 Å². The van der Waals surface area contributed by atoms with Gasteiger partial charge >= 0.3 is 6.18 Å². The minimum absolute atomic E-state index is 0.0491. The van der Waals surface area contributed by atoms with Crippen LogP contribution in [0.25, 0.3) is 0 Å². The van der Waals surface area contributed by atoms with Crippen molar-refractivity contribution in [3.8, 4) is 0 Å². The van der Waals surface area contributed by atoms with Gasteiger partial charge in [-0.05, 0) is 29.4 Å². The molecule has 2 N–H and O–H groups in total. The minimum atomic E-state index is -4.54. The molecule has 35 heavy (non-hydrogen) atoms. The Bertz CT molecular complexity index is 1120. The second kappa shape index (κ2) is 8.23. The summed E-state index contributed by atoms with van der Waals surface area (Å²) in [4.78, 5) is 8.57. The largest absolute Gasteiger partial charge is 0.433 e. The van der Waals surface area contributed by atoms with Crippen LogP contribution in [-0.4, -0.2) is 33.4 Å². The highest BCUT2D eigenvalue weighted by Gasteiger charge is 2.53. The van der Waals surface area contributed by atoms with Crippen LogP contribution in [0.4, 0.5) is 13.2 Å². The van der Waals surface area contributed by atoms with Gasteiger partial charge in [-0.25, -0.2) is 0 Å². The van der Waals surface area contributed by atoms with E-state index >= 15 is 0 Å². The topological polar surface area (TPSA) is 84.7 Å². The number of ether oxygens (including phenoxy) is 2. The van der Waals surface area contributed by atoms with Crippen LogP contribution < -0.4 is 0 Å². The molecule has 9 heteroatoms. The Labute approximate surface area is 202 Å². The van der Waals surface area contributed by atoms with Crippen molar-refractivity contribution in [2.45, 2.75) is 83.0 Å². The molecule has 190 valence electrons. The Kier molecular flexibility index (Phi) is 5.79. The summed E-state index contributed by atoms with van der Waals surface area (Å²) in [5, 5.41) is 22.6. The van der Waals surface area contributed by atoms with E-state index in [1.165, 1.54) is 12.3 Å². The lowest BCUT2D eigenvalue weighted by atomic mass is 9.68. The molecule has 4 heterocycles. The first kappa shape index (κ1) is 24.6.